The zero-order valence-corrected chi connectivity index (χ0v) is 8.78. The highest BCUT2D eigenvalue weighted by Gasteiger charge is 1.77. The summed E-state index contributed by atoms with van der Waals surface area (Å²) in [6.45, 7) is 18.8. The molecule has 0 amide bonds. The van der Waals surface area contributed by atoms with E-state index < -0.39 is 0 Å². The summed E-state index contributed by atoms with van der Waals surface area (Å²) in [5, 5.41) is 0. The molecular formula is C12H20. The molecule has 0 aromatic heterocycles. The molecule has 0 bridgehead atoms. The van der Waals surface area contributed by atoms with Gasteiger partial charge in [0.1, 0.15) is 0 Å². The fourth-order valence-corrected chi connectivity index (χ4v) is 0.285. The second-order valence-electron chi connectivity index (χ2n) is 2.91. The van der Waals surface area contributed by atoms with E-state index in [9.17, 15) is 0 Å². The third kappa shape index (κ3) is 16.0. The first-order chi connectivity index (χ1) is 5.41. The summed E-state index contributed by atoms with van der Waals surface area (Å²) in [6, 6.07) is 0. The molecule has 0 rings (SSSR count). The van der Waals surface area contributed by atoms with Gasteiger partial charge >= 0.3 is 0 Å². The van der Waals surface area contributed by atoms with E-state index in [0.717, 1.165) is 16.7 Å². The van der Waals surface area contributed by atoms with E-state index in [0.29, 0.717) is 0 Å². The Morgan fingerprint density at radius 1 is 0.917 bits per heavy atom. The third-order valence-corrected chi connectivity index (χ3v) is 1.18. The third-order valence-electron chi connectivity index (χ3n) is 1.18. The topological polar surface area (TPSA) is 0 Å². The highest BCUT2D eigenvalue weighted by Crippen LogP contribution is 1.98. The van der Waals surface area contributed by atoms with Crippen LogP contribution in [0, 0.1) is 0 Å². The molecule has 0 heteroatoms. The van der Waals surface area contributed by atoms with Gasteiger partial charge in [-0.05, 0) is 27.7 Å². The van der Waals surface area contributed by atoms with Gasteiger partial charge in [0.15, 0.2) is 0 Å². The maximum absolute atomic E-state index is 3.66. The average molecular weight is 164 g/mol. The van der Waals surface area contributed by atoms with Crippen LogP contribution in [0.3, 0.4) is 0 Å². The van der Waals surface area contributed by atoms with Crippen molar-refractivity contribution in [3.05, 3.63) is 48.6 Å². The molecule has 0 aliphatic heterocycles. The molecule has 0 fully saturated rings. The van der Waals surface area contributed by atoms with Crippen molar-refractivity contribution in [3.63, 3.8) is 0 Å². The van der Waals surface area contributed by atoms with Crippen molar-refractivity contribution in [1.82, 2.24) is 0 Å². The number of allylic oxidation sites excluding steroid dienone is 5. The lowest BCUT2D eigenvalue weighted by Gasteiger charge is -1.88. The first-order valence-electron chi connectivity index (χ1n) is 4.01. The summed E-state index contributed by atoms with van der Waals surface area (Å²) < 4.78 is 0. The smallest absolute Gasteiger partial charge is 0.0401 e. The minimum atomic E-state index is 1.06. The Labute approximate surface area is 77.0 Å². The first-order valence-corrected chi connectivity index (χ1v) is 4.01. The van der Waals surface area contributed by atoms with E-state index in [4.69, 9.17) is 0 Å². The predicted octanol–water partition coefficient (Wildman–Crippen LogP) is 4.28. The second kappa shape index (κ2) is 8.06. The van der Waals surface area contributed by atoms with Crippen LogP contribution in [0.1, 0.15) is 27.7 Å². The Bertz CT molecular complexity index is 180. The van der Waals surface area contributed by atoms with Crippen molar-refractivity contribution in [1.29, 1.82) is 0 Å². The molecule has 0 atom stereocenters. The number of hydrogen-bond donors (Lipinski definition) is 0. The minimum absolute atomic E-state index is 1.06. The second-order valence-corrected chi connectivity index (χ2v) is 2.91. The van der Waals surface area contributed by atoms with Crippen molar-refractivity contribution in [2.45, 2.75) is 27.7 Å². The van der Waals surface area contributed by atoms with Gasteiger partial charge in [0.05, 0.1) is 0 Å². The Kier molecular flexibility index (Phi) is 9.10. The quantitative estimate of drug-likeness (QED) is 0.534. The van der Waals surface area contributed by atoms with E-state index in [1.165, 1.54) is 0 Å². The first kappa shape index (κ1) is 13.5. The van der Waals surface area contributed by atoms with Crippen LogP contribution in [0.25, 0.3) is 0 Å². The lowest BCUT2D eigenvalue weighted by atomic mass is 10.2. The highest BCUT2D eigenvalue weighted by atomic mass is 13.8. The Balaban J connectivity index is 0. The molecule has 0 saturated carbocycles. The highest BCUT2D eigenvalue weighted by molar-refractivity contribution is 5.19. The van der Waals surface area contributed by atoms with Crippen molar-refractivity contribution in [2.75, 3.05) is 0 Å². The van der Waals surface area contributed by atoms with Gasteiger partial charge < -0.3 is 0 Å². The molecule has 0 nitrogen and oxygen atoms in total. The molecule has 0 unspecified atom stereocenters. The van der Waals surface area contributed by atoms with Crippen LogP contribution in [-0.2, 0) is 0 Å². The summed E-state index contributed by atoms with van der Waals surface area (Å²) in [7, 11) is 0. The molecule has 0 aromatic carbocycles. The van der Waals surface area contributed by atoms with E-state index in [1.54, 1.807) is 0 Å². The summed E-state index contributed by atoms with van der Waals surface area (Å²) in [6.07, 6.45) is 3.95. The maximum atomic E-state index is 3.66. The van der Waals surface area contributed by atoms with Crippen LogP contribution in [0.2, 0.25) is 0 Å². The Morgan fingerprint density at radius 3 is 1.25 bits per heavy atom. The molecule has 0 saturated heterocycles. The summed E-state index contributed by atoms with van der Waals surface area (Å²) in [5.74, 6) is 0. The van der Waals surface area contributed by atoms with Crippen LogP contribution in [-0.4, -0.2) is 0 Å². The lowest BCUT2D eigenvalue weighted by Crippen LogP contribution is -1.67. The molecule has 0 spiro atoms. The minimum Gasteiger partial charge on any atom is -0.0961 e. The van der Waals surface area contributed by atoms with E-state index in [2.05, 4.69) is 19.7 Å². The fraction of sp³-hybridized carbons (Fsp3) is 0.333. The number of rotatable bonds is 2. The van der Waals surface area contributed by atoms with Gasteiger partial charge in [-0.15, -0.1) is 0 Å². The molecule has 0 aromatic rings. The zero-order chi connectivity index (χ0) is 10.1. The monoisotopic (exact) mass is 164 g/mol. The molecule has 0 aliphatic rings. The molecular weight excluding hydrogens is 144 g/mol. The van der Waals surface area contributed by atoms with Gasteiger partial charge in [-0.3, -0.25) is 0 Å². The molecule has 12 heavy (non-hydrogen) atoms. The van der Waals surface area contributed by atoms with Crippen LogP contribution in [0.5, 0.6) is 0 Å². The van der Waals surface area contributed by atoms with Gasteiger partial charge in [0.2, 0.25) is 0 Å². The number of hydrogen-bond acceptors (Lipinski definition) is 0. The molecule has 0 radical (unpaired) electrons. The van der Waals surface area contributed by atoms with Crippen LogP contribution in [0.4, 0.5) is 0 Å². The average Bonchev–Trinajstić information content (AvgIpc) is 1.87. The largest absolute Gasteiger partial charge is 0.0961 e. The Morgan fingerprint density at radius 2 is 1.25 bits per heavy atom. The SMILES string of the molecule is C=C(C)C(=C)C.C=C(C)C=CC. The van der Waals surface area contributed by atoms with Gasteiger partial charge in [-0.25, -0.2) is 0 Å². The molecule has 0 aliphatic carbocycles. The van der Waals surface area contributed by atoms with Crippen molar-refractivity contribution in [2.24, 2.45) is 0 Å². The van der Waals surface area contributed by atoms with Crippen LogP contribution >= 0.6 is 0 Å². The van der Waals surface area contributed by atoms with Gasteiger partial charge in [0.25, 0.3) is 0 Å². The van der Waals surface area contributed by atoms with Crippen molar-refractivity contribution in [3.8, 4) is 0 Å². The standard InChI is InChI=1S/2C6H10/c1-5(2)6(3)4;1-4-5-6(2)3/h1,3H2,2,4H3;4-5H,2H2,1,3H3. The maximum Gasteiger partial charge on any atom is -0.0401 e. The predicted molar refractivity (Wildman–Crippen MR) is 59.3 cm³/mol. The fourth-order valence-electron chi connectivity index (χ4n) is 0.285. The lowest BCUT2D eigenvalue weighted by molar-refractivity contribution is 1.39. The Hall–Kier alpha value is -1.04. The molecule has 0 N–H and O–H groups in total. The van der Waals surface area contributed by atoms with Gasteiger partial charge in [-0.1, -0.05) is 48.6 Å². The van der Waals surface area contributed by atoms with Gasteiger partial charge in [-0.2, -0.15) is 0 Å². The summed E-state index contributed by atoms with van der Waals surface area (Å²) in [4.78, 5) is 0. The van der Waals surface area contributed by atoms with Crippen molar-refractivity contribution < 1.29 is 0 Å². The molecule has 68 valence electrons. The zero-order valence-electron chi connectivity index (χ0n) is 8.78. The van der Waals surface area contributed by atoms with Gasteiger partial charge in [0, 0.05) is 0 Å². The van der Waals surface area contributed by atoms with E-state index >= 15 is 0 Å². The normalized spacial score (nSPS) is 8.67. The van der Waals surface area contributed by atoms with Crippen molar-refractivity contribution >= 4 is 0 Å². The molecule has 0 heterocycles. The summed E-state index contributed by atoms with van der Waals surface area (Å²) in [5.41, 5.74) is 3.24. The van der Waals surface area contributed by atoms with E-state index in [-0.39, 0.29) is 0 Å². The van der Waals surface area contributed by atoms with Crippen LogP contribution < -0.4 is 0 Å². The van der Waals surface area contributed by atoms with Crippen LogP contribution in [0.15, 0.2) is 48.6 Å². The van der Waals surface area contributed by atoms with E-state index in [1.807, 2.05) is 39.8 Å². The summed E-state index contributed by atoms with van der Waals surface area (Å²) >= 11 is 0.